The summed E-state index contributed by atoms with van der Waals surface area (Å²) >= 11 is 0. The van der Waals surface area contributed by atoms with E-state index in [0.29, 0.717) is 6.54 Å². The van der Waals surface area contributed by atoms with Gasteiger partial charge in [-0.05, 0) is 31.4 Å². The van der Waals surface area contributed by atoms with Crippen LogP contribution < -0.4 is 10.5 Å². The van der Waals surface area contributed by atoms with Gasteiger partial charge in [-0.25, -0.2) is 0 Å². The number of hydrogen-bond acceptors (Lipinski definition) is 2. The minimum atomic E-state index is 0.00262. The molecule has 0 spiro atoms. The zero-order valence-electron chi connectivity index (χ0n) is 11.9. The van der Waals surface area contributed by atoms with Crippen molar-refractivity contribution >= 4 is 0 Å². The number of fused-ring (bicyclic) bond motifs is 1. The van der Waals surface area contributed by atoms with E-state index in [-0.39, 0.29) is 5.41 Å². The van der Waals surface area contributed by atoms with Gasteiger partial charge >= 0.3 is 0 Å². The normalized spacial score (nSPS) is 21.1. The smallest absolute Gasteiger partial charge is 0.123 e. The van der Waals surface area contributed by atoms with E-state index in [2.05, 4.69) is 49.4 Å². The molecule has 2 aromatic rings. The first-order valence-electron chi connectivity index (χ1n) is 7.21. The average molecular weight is 267 g/mol. The van der Waals surface area contributed by atoms with E-state index in [1.54, 1.807) is 0 Å². The topological polar surface area (TPSA) is 35.2 Å². The number of ether oxygens (including phenoxy) is 1. The SMILES string of the molecule is Cc1cccc(CC2(CN)CCOc3ccccc32)c1. The summed E-state index contributed by atoms with van der Waals surface area (Å²) in [7, 11) is 0. The van der Waals surface area contributed by atoms with Crippen molar-refractivity contribution in [3.05, 3.63) is 65.2 Å². The highest BCUT2D eigenvalue weighted by atomic mass is 16.5. The first kappa shape index (κ1) is 13.2. The van der Waals surface area contributed by atoms with Crippen molar-refractivity contribution in [3.8, 4) is 5.75 Å². The molecule has 104 valence electrons. The number of para-hydroxylation sites is 1. The van der Waals surface area contributed by atoms with Crippen LogP contribution in [-0.4, -0.2) is 13.2 Å². The zero-order valence-corrected chi connectivity index (χ0v) is 11.9. The maximum atomic E-state index is 6.18. The van der Waals surface area contributed by atoms with Gasteiger partial charge in [0, 0.05) is 17.5 Å². The molecule has 0 radical (unpaired) electrons. The van der Waals surface area contributed by atoms with Crippen LogP contribution in [0.5, 0.6) is 5.75 Å². The fourth-order valence-electron chi connectivity index (χ4n) is 3.20. The lowest BCUT2D eigenvalue weighted by molar-refractivity contribution is 0.215. The van der Waals surface area contributed by atoms with Crippen LogP contribution in [0, 0.1) is 6.92 Å². The molecule has 0 bridgehead atoms. The number of rotatable bonds is 3. The fourth-order valence-corrected chi connectivity index (χ4v) is 3.20. The van der Waals surface area contributed by atoms with Crippen molar-refractivity contribution in [1.82, 2.24) is 0 Å². The van der Waals surface area contributed by atoms with Crippen molar-refractivity contribution in [3.63, 3.8) is 0 Å². The Balaban J connectivity index is 2.00. The van der Waals surface area contributed by atoms with Crippen molar-refractivity contribution in [2.24, 2.45) is 5.73 Å². The summed E-state index contributed by atoms with van der Waals surface area (Å²) in [6, 6.07) is 17.0. The predicted octanol–water partition coefficient (Wildman–Crippen LogP) is 3.22. The largest absolute Gasteiger partial charge is 0.493 e. The number of aryl methyl sites for hydroxylation is 1. The molecule has 2 heteroatoms. The van der Waals surface area contributed by atoms with Crippen molar-refractivity contribution < 1.29 is 4.74 Å². The molecule has 0 saturated carbocycles. The Morgan fingerprint density at radius 2 is 2.00 bits per heavy atom. The second-order valence-electron chi connectivity index (χ2n) is 5.74. The third-order valence-electron chi connectivity index (χ3n) is 4.31. The highest BCUT2D eigenvalue weighted by molar-refractivity contribution is 5.43. The van der Waals surface area contributed by atoms with Gasteiger partial charge in [-0.15, -0.1) is 0 Å². The van der Waals surface area contributed by atoms with Crippen molar-refractivity contribution in [2.75, 3.05) is 13.2 Å². The summed E-state index contributed by atoms with van der Waals surface area (Å²) in [6.07, 6.45) is 1.96. The van der Waals surface area contributed by atoms with Crippen LogP contribution in [0.25, 0.3) is 0 Å². The van der Waals surface area contributed by atoms with E-state index in [1.165, 1.54) is 16.7 Å². The highest BCUT2D eigenvalue weighted by Crippen LogP contribution is 2.40. The minimum Gasteiger partial charge on any atom is -0.493 e. The van der Waals surface area contributed by atoms with Gasteiger partial charge in [0.05, 0.1) is 6.61 Å². The maximum Gasteiger partial charge on any atom is 0.123 e. The van der Waals surface area contributed by atoms with E-state index >= 15 is 0 Å². The standard InChI is InChI=1S/C18H21NO/c1-14-5-4-6-15(11-14)12-18(13-19)9-10-20-17-8-3-2-7-16(17)18/h2-8,11H,9-10,12-13,19H2,1H3. The summed E-state index contributed by atoms with van der Waals surface area (Å²) in [6.45, 7) is 3.54. The molecule has 2 aromatic carbocycles. The molecule has 1 heterocycles. The molecule has 20 heavy (non-hydrogen) atoms. The quantitative estimate of drug-likeness (QED) is 0.926. The second-order valence-corrected chi connectivity index (χ2v) is 5.74. The molecular weight excluding hydrogens is 246 g/mol. The Morgan fingerprint density at radius 3 is 2.80 bits per heavy atom. The Hall–Kier alpha value is -1.80. The van der Waals surface area contributed by atoms with Gasteiger partial charge in [0.25, 0.3) is 0 Å². The molecule has 0 fully saturated rings. The van der Waals surface area contributed by atoms with E-state index < -0.39 is 0 Å². The lowest BCUT2D eigenvalue weighted by atomic mass is 9.72. The van der Waals surface area contributed by atoms with Crippen LogP contribution in [0.2, 0.25) is 0 Å². The molecule has 1 aliphatic rings. The Kier molecular flexibility index (Phi) is 3.49. The molecule has 0 aromatic heterocycles. The third kappa shape index (κ3) is 2.32. The fraction of sp³-hybridized carbons (Fsp3) is 0.333. The molecule has 2 nitrogen and oxygen atoms in total. The van der Waals surface area contributed by atoms with E-state index in [4.69, 9.17) is 10.5 Å². The van der Waals surface area contributed by atoms with Gasteiger partial charge in [-0.1, -0.05) is 48.0 Å². The molecule has 1 unspecified atom stereocenters. The molecular formula is C18H21NO. The van der Waals surface area contributed by atoms with Gasteiger partial charge < -0.3 is 10.5 Å². The monoisotopic (exact) mass is 267 g/mol. The average Bonchev–Trinajstić information content (AvgIpc) is 2.47. The summed E-state index contributed by atoms with van der Waals surface area (Å²) in [5.41, 5.74) is 10.1. The molecule has 0 aliphatic carbocycles. The van der Waals surface area contributed by atoms with Crippen LogP contribution in [0.1, 0.15) is 23.1 Å². The number of hydrogen-bond donors (Lipinski definition) is 1. The van der Waals surface area contributed by atoms with E-state index in [1.807, 2.05) is 6.07 Å². The Labute approximate surface area is 120 Å². The van der Waals surface area contributed by atoms with Gasteiger partial charge in [0.1, 0.15) is 5.75 Å². The highest BCUT2D eigenvalue weighted by Gasteiger charge is 2.36. The maximum absolute atomic E-state index is 6.18. The lowest BCUT2D eigenvalue weighted by Crippen LogP contribution is -2.41. The summed E-state index contributed by atoms with van der Waals surface area (Å²) in [5, 5.41) is 0. The zero-order chi connectivity index (χ0) is 14.0. The van der Waals surface area contributed by atoms with Crippen LogP contribution in [-0.2, 0) is 11.8 Å². The second kappa shape index (κ2) is 5.29. The molecule has 1 aliphatic heterocycles. The van der Waals surface area contributed by atoms with Crippen LogP contribution in [0.3, 0.4) is 0 Å². The molecule has 2 N–H and O–H groups in total. The van der Waals surface area contributed by atoms with Gasteiger partial charge in [-0.3, -0.25) is 0 Å². The van der Waals surface area contributed by atoms with Crippen molar-refractivity contribution in [1.29, 1.82) is 0 Å². The third-order valence-corrected chi connectivity index (χ3v) is 4.31. The molecule has 0 saturated heterocycles. The Bertz CT molecular complexity index is 608. The van der Waals surface area contributed by atoms with Crippen LogP contribution >= 0.6 is 0 Å². The van der Waals surface area contributed by atoms with Crippen LogP contribution in [0.4, 0.5) is 0 Å². The number of nitrogens with two attached hydrogens (primary N) is 1. The lowest BCUT2D eigenvalue weighted by Gasteiger charge is -2.38. The minimum absolute atomic E-state index is 0.00262. The molecule has 0 amide bonds. The first-order chi connectivity index (χ1) is 9.73. The van der Waals surface area contributed by atoms with E-state index in [0.717, 1.165) is 25.2 Å². The van der Waals surface area contributed by atoms with Crippen molar-refractivity contribution in [2.45, 2.75) is 25.2 Å². The first-order valence-corrected chi connectivity index (χ1v) is 7.21. The van der Waals surface area contributed by atoms with Gasteiger partial charge in [0.15, 0.2) is 0 Å². The summed E-state index contributed by atoms with van der Waals surface area (Å²) < 4.78 is 5.79. The Morgan fingerprint density at radius 1 is 1.15 bits per heavy atom. The molecule has 1 atom stereocenters. The van der Waals surface area contributed by atoms with Gasteiger partial charge in [0.2, 0.25) is 0 Å². The summed E-state index contributed by atoms with van der Waals surface area (Å²) in [4.78, 5) is 0. The summed E-state index contributed by atoms with van der Waals surface area (Å²) in [5.74, 6) is 0.997. The molecule has 3 rings (SSSR count). The van der Waals surface area contributed by atoms with Gasteiger partial charge in [-0.2, -0.15) is 0 Å². The van der Waals surface area contributed by atoms with Crippen LogP contribution in [0.15, 0.2) is 48.5 Å². The van der Waals surface area contributed by atoms with E-state index in [9.17, 15) is 0 Å². The number of benzene rings is 2. The predicted molar refractivity (Wildman–Crippen MR) is 82.2 cm³/mol.